The predicted molar refractivity (Wildman–Crippen MR) is 75.8 cm³/mol. The molecular weight excluding hydrogens is 240 g/mol. The van der Waals surface area contributed by atoms with Crippen LogP contribution in [0.15, 0.2) is 24.3 Å². The van der Waals surface area contributed by atoms with Gasteiger partial charge in [-0.3, -0.25) is 0 Å². The summed E-state index contributed by atoms with van der Waals surface area (Å²) in [6.45, 7) is 5.81. The lowest BCUT2D eigenvalue weighted by Gasteiger charge is -2.42. The molecule has 0 saturated heterocycles. The zero-order valence-electron chi connectivity index (χ0n) is 11.8. The molecule has 1 fully saturated rings. The summed E-state index contributed by atoms with van der Waals surface area (Å²) in [5, 5.41) is 2.84. The number of ether oxygens (including phenoxy) is 1. The second kappa shape index (κ2) is 4.76. The minimum Gasteiger partial charge on any atom is -0.438 e. The van der Waals surface area contributed by atoms with Gasteiger partial charge in [0.05, 0.1) is 0 Å². The first-order valence-electron chi connectivity index (χ1n) is 6.68. The lowest BCUT2D eigenvalue weighted by atomic mass is 9.75. The number of benzene rings is 1. The van der Waals surface area contributed by atoms with Crippen LogP contribution in [-0.4, -0.2) is 11.6 Å². The number of hydrogen-bond donors (Lipinski definition) is 2. The van der Waals surface area contributed by atoms with E-state index in [0.717, 1.165) is 30.5 Å². The summed E-state index contributed by atoms with van der Waals surface area (Å²) in [4.78, 5) is 11.9. The maximum absolute atomic E-state index is 11.9. The number of nitrogens with one attached hydrogen (secondary N) is 1. The first-order valence-corrected chi connectivity index (χ1v) is 6.68. The van der Waals surface area contributed by atoms with Gasteiger partial charge in [-0.05, 0) is 57.7 Å². The van der Waals surface area contributed by atoms with Crippen LogP contribution < -0.4 is 11.1 Å². The Hall–Kier alpha value is -1.71. The van der Waals surface area contributed by atoms with Gasteiger partial charge in [-0.1, -0.05) is 12.1 Å². The van der Waals surface area contributed by atoms with Crippen molar-refractivity contribution in [3.8, 4) is 0 Å². The molecular formula is C15H22N2O2. The van der Waals surface area contributed by atoms with Gasteiger partial charge in [0.1, 0.15) is 5.60 Å². The average Bonchev–Trinajstić information content (AvgIpc) is 2.22. The summed E-state index contributed by atoms with van der Waals surface area (Å²) in [6, 6.07) is 7.58. The summed E-state index contributed by atoms with van der Waals surface area (Å²) < 4.78 is 5.69. The normalized spacial score (nSPS) is 17.4. The monoisotopic (exact) mass is 262 g/mol. The highest BCUT2D eigenvalue weighted by atomic mass is 16.6. The van der Waals surface area contributed by atoms with Crippen molar-refractivity contribution in [2.75, 3.05) is 5.73 Å². The molecule has 0 heterocycles. The summed E-state index contributed by atoms with van der Waals surface area (Å²) >= 11 is 0. The van der Waals surface area contributed by atoms with Crippen molar-refractivity contribution in [2.24, 2.45) is 0 Å². The fraction of sp³-hybridized carbons (Fsp3) is 0.533. The Bertz CT molecular complexity index is 456. The van der Waals surface area contributed by atoms with Crippen LogP contribution in [-0.2, 0) is 10.3 Å². The maximum Gasteiger partial charge on any atom is 0.408 e. The Labute approximate surface area is 114 Å². The van der Waals surface area contributed by atoms with Crippen LogP contribution in [0.4, 0.5) is 10.5 Å². The molecule has 4 nitrogen and oxygen atoms in total. The van der Waals surface area contributed by atoms with Crippen molar-refractivity contribution in [1.82, 2.24) is 5.32 Å². The second-order valence-electron chi connectivity index (χ2n) is 6.23. The molecule has 4 heteroatoms. The molecule has 1 aromatic rings. The van der Waals surface area contributed by atoms with Crippen LogP contribution in [0.1, 0.15) is 45.6 Å². The number of amides is 1. The van der Waals surface area contributed by atoms with E-state index in [0.29, 0.717) is 0 Å². The summed E-state index contributed by atoms with van der Waals surface area (Å²) in [5.41, 5.74) is 6.68. The standard InChI is InChI=1S/C15H22N2O2/c1-14(2,3)17-13(18)19-15(9-4-10-15)11-5-7-12(16)8-6-11/h5-8H,4,9-10,16H2,1-3H3,(H,17,18). The fourth-order valence-corrected chi connectivity index (χ4v) is 2.24. The maximum atomic E-state index is 11.9. The van der Waals surface area contributed by atoms with Gasteiger partial charge in [0, 0.05) is 11.2 Å². The Morgan fingerprint density at radius 3 is 2.26 bits per heavy atom. The third-order valence-electron chi connectivity index (χ3n) is 3.36. The van der Waals surface area contributed by atoms with Crippen LogP contribution in [0.5, 0.6) is 0 Å². The van der Waals surface area contributed by atoms with Crippen molar-refractivity contribution in [1.29, 1.82) is 0 Å². The Morgan fingerprint density at radius 1 is 1.26 bits per heavy atom. The minimum atomic E-state index is -0.469. The summed E-state index contributed by atoms with van der Waals surface area (Å²) in [7, 11) is 0. The number of rotatable bonds is 2. The van der Waals surface area contributed by atoms with Crippen LogP contribution >= 0.6 is 0 Å². The summed E-state index contributed by atoms with van der Waals surface area (Å²) in [5.74, 6) is 0. The smallest absolute Gasteiger partial charge is 0.408 e. The minimum absolute atomic E-state index is 0.289. The van der Waals surface area contributed by atoms with Crippen LogP contribution in [0.2, 0.25) is 0 Å². The van der Waals surface area contributed by atoms with Gasteiger partial charge in [-0.2, -0.15) is 0 Å². The molecule has 1 aliphatic rings. The van der Waals surface area contributed by atoms with Crippen molar-refractivity contribution in [2.45, 2.75) is 51.2 Å². The van der Waals surface area contributed by atoms with Crippen molar-refractivity contribution < 1.29 is 9.53 Å². The van der Waals surface area contributed by atoms with E-state index in [9.17, 15) is 4.79 Å². The molecule has 0 bridgehead atoms. The molecule has 19 heavy (non-hydrogen) atoms. The third-order valence-corrected chi connectivity index (χ3v) is 3.36. The largest absolute Gasteiger partial charge is 0.438 e. The molecule has 0 unspecified atom stereocenters. The average molecular weight is 262 g/mol. The van der Waals surface area contributed by atoms with Crippen LogP contribution in [0.3, 0.4) is 0 Å². The number of carbonyl (C=O) groups excluding carboxylic acids is 1. The first kappa shape index (κ1) is 13.7. The number of carbonyl (C=O) groups is 1. The van der Waals surface area contributed by atoms with E-state index in [1.54, 1.807) is 0 Å². The number of hydrogen-bond acceptors (Lipinski definition) is 3. The topological polar surface area (TPSA) is 64.3 Å². The van der Waals surface area contributed by atoms with E-state index in [2.05, 4.69) is 5.32 Å². The van der Waals surface area contributed by atoms with Crippen molar-refractivity contribution in [3.05, 3.63) is 29.8 Å². The van der Waals surface area contributed by atoms with Gasteiger partial charge in [-0.15, -0.1) is 0 Å². The van der Waals surface area contributed by atoms with Crippen molar-refractivity contribution in [3.63, 3.8) is 0 Å². The molecule has 0 aromatic heterocycles. The molecule has 1 amide bonds. The highest BCUT2D eigenvalue weighted by Gasteiger charge is 2.43. The van der Waals surface area contributed by atoms with E-state index in [1.165, 1.54) is 0 Å². The Balaban J connectivity index is 2.11. The van der Waals surface area contributed by atoms with E-state index in [1.807, 2.05) is 45.0 Å². The Morgan fingerprint density at radius 2 is 1.84 bits per heavy atom. The van der Waals surface area contributed by atoms with Gasteiger partial charge >= 0.3 is 6.09 Å². The molecule has 1 saturated carbocycles. The number of nitrogens with two attached hydrogens (primary N) is 1. The van der Waals surface area contributed by atoms with Gasteiger partial charge in [0.2, 0.25) is 0 Å². The first-order chi connectivity index (χ1) is 8.81. The zero-order valence-corrected chi connectivity index (χ0v) is 11.8. The van der Waals surface area contributed by atoms with Crippen molar-refractivity contribution >= 4 is 11.8 Å². The summed E-state index contributed by atoms with van der Waals surface area (Å²) in [6.07, 6.45) is 2.46. The molecule has 104 valence electrons. The van der Waals surface area contributed by atoms with Gasteiger partial charge < -0.3 is 15.8 Å². The highest BCUT2D eigenvalue weighted by molar-refractivity contribution is 5.69. The third kappa shape index (κ3) is 3.19. The van der Waals surface area contributed by atoms with Gasteiger partial charge in [-0.25, -0.2) is 4.79 Å². The number of alkyl carbamates (subject to hydrolysis) is 1. The number of anilines is 1. The highest BCUT2D eigenvalue weighted by Crippen LogP contribution is 2.45. The zero-order chi connectivity index (χ0) is 14.1. The molecule has 1 aliphatic carbocycles. The number of nitrogen functional groups attached to an aromatic ring is 1. The quantitative estimate of drug-likeness (QED) is 0.805. The van der Waals surface area contributed by atoms with Crippen LogP contribution in [0, 0.1) is 0 Å². The van der Waals surface area contributed by atoms with Gasteiger partial charge in [0.15, 0.2) is 0 Å². The molecule has 0 aliphatic heterocycles. The molecule has 0 atom stereocenters. The molecule has 0 radical (unpaired) electrons. The van der Waals surface area contributed by atoms with Crippen LogP contribution in [0.25, 0.3) is 0 Å². The molecule has 3 N–H and O–H groups in total. The second-order valence-corrected chi connectivity index (χ2v) is 6.23. The molecule has 2 rings (SSSR count). The van der Waals surface area contributed by atoms with E-state index < -0.39 is 5.60 Å². The van der Waals surface area contributed by atoms with E-state index in [-0.39, 0.29) is 11.6 Å². The Kier molecular flexibility index (Phi) is 3.43. The van der Waals surface area contributed by atoms with E-state index in [4.69, 9.17) is 10.5 Å². The SMILES string of the molecule is CC(C)(C)NC(=O)OC1(c2ccc(N)cc2)CCC1. The van der Waals surface area contributed by atoms with Gasteiger partial charge in [0.25, 0.3) is 0 Å². The molecule has 1 aromatic carbocycles. The predicted octanol–water partition coefficient (Wildman–Crippen LogP) is 3.17. The molecule has 0 spiro atoms. The fourth-order valence-electron chi connectivity index (χ4n) is 2.24. The van der Waals surface area contributed by atoms with E-state index >= 15 is 0 Å². The lowest BCUT2D eigenvalue weighted by Crippen LogP contribution is -2.47. The lowest BCUT2D eigenvalue weighted by molar-refractivity contribution is -0.0549.